The van der Waals surface area contributed by atoms with E-state index in [0.29, 0.717) is 0 Å². The smallest absolute Gasteiger partial charge is 0.160 e. The Hall–Kier alpha value is 0.0200. The summed E-state index contributed by atoms with van der Waals surface area (Å²) < 4.78 is 5.22. The van der Waals surface area contributed by atoms with Crippen LogP contribution < -0.4 is 0 Å². The maximum absolute atomic E-state index is 5.81. The molecule has 0 radical (unpaired) electrons. The maximum Gasteiger partial charge on any atom is 0.160 e. The van der Waals surface area contributed by atoms with E-state index in [4.69, 9.17) is 27.9 Å². The summed E-state index contributed by atoms with van der Waals surface area (Å²) >= 11 is 11.6. The van der Waals surface area contributed by atoms with E-state index in [-0.39, 0.29) is 0 Å². The van der Waals surface area contributed by atoms with Crippen LogP contribution in [-0.4, -0.2) is 10.1 Å². The molecule has 0 fully saturated rings. The molecule has 11 heavy (non-hydrogen) atoms. The molecular formula is C8H12Cl2O. The van der Waals surface area contributed by atoms with E-state index in [0.717, 1.165) is 0 Å². The second kappa shape index (κ2) is 3.61. The molecule has 0 saturated heterocycles. The average Bonchev–Trinajstić information content (AvgIpc) is 1.86. The Morgan fingerprint density at radius 3 is 1.55 bits per heavy atom. The highest BCUT2D eigenvalue weighted by Crippen LogP contribution is 2.28. The third-order valence-electron chi connectivity index (χ3n) is 1.13. The van der Waals surface area contributed by atoms with E-state index in [1.54, 1.807) is 13.8 Å². The minimum absolute atomic E-state index is 0.940. The largest absolute Gasteiger partial charge is 0.331 e. The highest BCUT2D eigenvalue weighted by atomic mass is 35.5. The predicted molar refractivity (Wildman–Crippen MR) is 50.0 cm³/mol. The van der Waals surface area contributed by atoms with Crippen LogP contribution >= 0.6 is 23.2 Å². The second-order valence-corrected chi connectivity index (χ2v) is 3.98. The fourth-order valence-electron chi connectivity index (χ4n) is 0.474. The lowest BCUT2D eigenvalue weighted by Crippen LogP contribution is -2.29. The summed E-state index contributed by atoms with van der Waals surface area (Å²) in [5.41, 5.74) is 0. The van der Waals surface area contributed by atoms with Crippen molar-refractivity contribution in [2.75, 3.05) is 0 Å². The fourth-order valence-corrected chi connectivity index (χ4v) is 0.834. The van der Waals surface area contributed by atoms with Gasteiger partial charge in [-0.3, -0.25) is 0 Å². The van der Waals surface area contributed by atoms with Crippen molar-refractivity contribution in [3.63, 3.8) is 0 Å². The molecule has 0 aromatic rings. The van der Waals surface area contributed by atoms with Gasteiger partial charge in [-0.1, -0.05) is 36.4 Å². The summed E-state index contributed by atoms with van der Waals surface area (Å²) in [5.74, 6) is 0. The molecule has 0 rings (SSSR count). The Labute approximate surface area is 77.6 Å². The van der Waals surface area contributed by atoms with Crippen molar-refractivity contribution in [2.45, 2.75) is 24.0 Å². The third-order valence-corrected chi connectivity index (χ3v) is 1.59. The van der Waals surface area contributed by atoms with E-state index >= 15 is 0 Å². The molecule has 0 amide bonds. The van der Waals surface area contributed by atoms with Crippen LogP contribution in [0.15, 0.2) is 25.3 Å². The molecule has 2 atom stereocenters. The Balaban J connectivity index is 4.23. The molecule has 0 N–H and O–H groups in total. The molecule has 3 heteroatoms. The number of halogens is 2. The van der Waals surface area contributed by atoms with Gasteiger partial charge in [0.25, 0.3) is 0 Å². The molecule has 64 valence electrons. The maximum atomic E-state index is 5.81. The van der Waals surface area contributed by atoms with Crippen LogP contribution in [-0.2, 0) is 4.74 Å². The Bertz CT molecular complexity index is 143. The molecule has 0 saturated carbocycles. The molecule has 0 aromatic heterocycles. The van der Waals surface area contributed by atoms with Crippen LogP contribution in [0, 0.1) is 0 Å². The first-order valence-corrected chi connectivity index (χ1v) is 3.94. The number of alkyl halides is 2. The normalized spacial score (nSPS) is 21.5. The topological polar surface area (TPSA) is 9.23 Å². The predicted octanol–water partition coefficient (Wildman–Crippen LogP) is 3.29. The zero-order chi connectivity index (χ0) is 9.12. The Morgan fingerprint density at radius 2 is 1.36 bits per heavy atom. The van der Waals surface area contributed by atoms with Crippen molar-refractivity contribution in [3.8, 4) is 0 Å². The van der Waals surface area contributed by atoms with Gasteiger partial charge in [0.15, 0.2) is 10.1 Å². The van der Waals surface area contributed by atoms with Crippen LogP contribution in [0.5, 0.6) is 0 Å². The lowest BCUT2D eigenvalue weighted by Gasteiger charge is -2.27. The Kier molecular flexibility index (Phi) is 3.62. The number of hydrogen-bond donors (Lipinski definition) is 0. The first-order valence-electron chi connectivity index (χ1n) is 3.18. The van der Waals surface area contributed by atoms with Crippen LogP contribution in [0.3, 0.4) is 0 Å². The molecule has 0 heterocycles. The number of rotatable bonds is 4. The highest BCUT2D eigenvalue weighted by molar-refractivity contribution is 6.26. The van der Waals surface area contributed by atoms with Crippen LogP contribution in [0.2, 0.25) is 0 Å². The first-order chi connectivity index (χ1) is 4.83. The summed E-state index contributed by atoms with van der Waals surface area (Å²) in [6.07, 6.45) is 2.94. The van der Waals surface area contributed by atoms with Crippen molar-refractivity contribution >= 4 is 23.2 Å². The van der Waals surface area contributed by atoms with Gasteiger partial charge in [0, 0.05) is 0 Å². The van der Waals surface area contributed by atoms with Crippen molar-refractivity contribution < 1.29 is 4.74 Å². The number of hydrogen-bond acceptors (Lipinski definition) is 1. The molecule has 0 aliphatic carbocycles. The molecule has 1 nitrogen and oxygen atoms in total. The molecule has 0 bridgehead atoms. The van der Waals surface area contributed by atoms with Crippen LogP contribution in [0.25, 0.3) is 0 Å². The van der Waals surface area contributed by atoms with Crippen LogP contribution in [0.4, 0.5) is 0 Å². The van der Waals surface area contributed by atoms with Gasteiger partial charge < -0.3 is 4.74 Å². The molecule has 0 aromatic carbocycles. The summed E-state index contributed by atoms with van der Waals surface area (Å²) in [5, 5.41) is -1.88. The van der Waals surface area contributed by atoms with E-state index < -0.39 is 10.1 Å². The summed E-state index contributed by atoms with van der Waals surface area (Å²) in [4.78, 5) is 0. The van der Waals surface area contributed by atoms with Gasteiger partial charge in [0.2, 0.25) is 0 Å². The van der Waals surface area contributed by atoms with E-state index in [1.165, 1.54) is 12.2 Å². The SMILES string of the molecule is C=C[C@](C)(Cl)O[C@@](C)(Cl)C=C. The number of ether oxygens (including phenoxy) is 1. The summed E-state index contributed by atoms with van der Waals surface area (Å²) in [7, 11) is 0. The summed E-state index contributed by atoms with van der Waals surface area (Å²) in [6.45, 7) is 10.3. The monoisotopic (exact) mass is 194 g/mol. The van der Waals surface area contributed by atoms with E-state index in [9.17, 15) is 0 Å². The average molecular weight is 195 g/mol. The molecule has 0 aliphatic heterocycles. The zero-order valence-corrected chi connectivity index (χ0v) is 8.24. The fraction of sp³-hybridized carbons (Fsp3) is 0.500. The quantitative estimate of drug-likeness (QED) is 0.494. The van der Waals surface area contributed by atoms with Gasteiger partial charge in [-0.05, 0) is 26.0 Å². The van der Waals surface area contributed by atoms with Gasteiger partial charge in [-0.25, -0.2) is 0 Å². The van der Waals surface area contributed by atoms with Crippen molar-refractivity contribution in [1.29, 1.82) is 0 Å². The minimum Gasteiger partial charge on any atom is -0.331 e. The molecular weight excluding hydrogens is 183 g/mol. The van der Waals surface area contributed by atoms with Gasteiger partial charge in [0.05, 0.1) is 0 Å². The minimum atomic E-state index is -0.940. The van der Waals surface area contributed by atoms with Gasteiger partial charge in [-0.15, -0.1) is 0 Å². The van der Waals surface area contributed by atoms with Gasteiger partial charge in [-0.2, -0.15) is 0 Å². The molecule has 0 spiro atoms. The van der Waals surface area contributed by atoms with E-state index in [2.05, 4.69) is 13.2 Å². The van der Waals surface area contributed by atoms with Crippen LogP contribution in [0.1, 0.15) is 13.8 Å². The van der Waals surface area contributed by atoms with Gasteiger partial charge >= 0.3 is 0 Å². The zero-order valence-electron chi connectivity index (χ0n) is 6.73. The van der Waals surface area contributed by atoms with E-state index in [1.807, 2.05) is 0 Å². The second-order valence-electron chi connectivity index (χ2n) is 2.48. The standard InChI is InChI=1S/C8H12Cl2O/c1-5-7(3,9)11-8(4,10)6-2/h5-6H,1-2H2,3-4H3/t7-,8-/m1/s1. The molecule has 0 unspecified atom stereocenters. The van der Waals surface area contributed by atoms with Crippen molar-refractivity contribution in [1.82, 2.24) is 0 Å². The van der Waals surface area contributed by atoms with Crippen molar-refractivity contribution in [2.24, 2.45) is 0 Å². The highest BCUT2D eigenvalue weighted by Gasteiger charge is 2.27. The lowest BCUT2D eigenvalue weighted by atomic mass is 10.3. The van der Waals surface area contributed by atoms with Crippen molar-refractivity contribution in [3.05, 3.63) is 25.3 Å². The molecule has 0 aliphatic rings. The third kappa shape index (κ3) is 4.46. The van der Waals surface area contributed by atoms with Gasteiger partial charge in [0.1, 0.15) is 0 Å². The lowest BCUT2D eigenvalue weighted by molar-refractivity contribution is 0.00809. The Morgan fingerprint density at radius 1 is 1.09 bits per heavy atom. The summed E-state index contributed by atoms with van der Waals surface area (Å²) in [6, 6.07) is 0. The first kappa shape index (κ1) is 11.0.